The number of hydrogen-bond donors (Lipinski definition) is 1. The van der Waals surface area contributed by atoms with Gasteiger partial charge in [0.25, 0.3) is 0 Å². The minimum Gasteiger partial charge on any atom is -0.481 e. The van der Waals surface area contributed by atoms with Crippen LogP contribution < -0.4 is 0 Å². The third-order valence-corrected chi connectivity index (χ3v) is 2.68. The quantitative estimate of drug-likeness (QED) is 0.794. The fourth-order valence-corrected chi connectivity index (χ4v) is 1.80. The maximum absolute atomic E-state index is 10.5. The minimum absolute atomic E-state index is 0.105. The van der Waals surface area contributed by atoms with Gasteiger partial charge in [0.1, 0.15) is 0 Å². The van der Waals surface area contributed by atoms with E-state index in [0.29, 0.717) is 18.8 Å². The van der Waals surface area contributed by atoms with E-state index in [4.69, 9.17) is 14.6 Å². The van der Waals surface area contributed by atoms with Gasteiger partial charge < -0.3 is 14.6 Å². The van der Waals surface area contributed by atoms with Crippen LogP contribution >= 0.6 is 0 Å². The van der Waals surface area contributed by atoms with E-state index in [-0.39, 0.29) is 12.7 Å². The maximum atomic E-state index is 10.5. The second-order valence-electron chi connectivity index (χ2n) is 4.21. The van der Waals surface area contributed by atoms with Crippen LogP contribution in [0.1, 0.15) is 25.0 Å². The molecule has 1 unspecified atom stereocenters. The molecule has 2 heterocycles. The zero-order valence-corrected chi connectivity index (χ0v) is 10.1. The molecular formula is C11H17N3O4. The van der Waals surface area contributed by atoms with Crippen LogP contribution in [0.5, 0.6) is 0 Å². The van der Waals surface area contributed by atoms with Crippen molar-refractivity contribution in [1.82, 2.24) is 15.0 Å². The van der Waals surface area contributed by atoms with Gasteiger partial charge in [-0.15, -0.1) is 5.10 Å². The lowest BCUT2D eigenvalue weighted by atomic mass is 10.2. The average Bonchev–Trinajstić information content (AvgIpc) is 2.77. The third-order valence-electron chi connectivity index (χ3n) is 2.68. The number of nitrogens with zero attached hydrogens (tertiary/aromatic N) is 3. The van der Waals surface area contributed by atoms with Gasteiger partial charge >= 0.3 is 5.97 Å². The maximum Gasteiger partial charge on any atom is 0.309 e. The lowest BCUT2D eigenvalue weighted by molar-refractivity contribution is -0.163. The van der Waals surface area contributed by atoms with Crippen LogP contribution in [0, 0.1) is 0 Å². The molecule has 1 aliphatic heterocycles. The number of carboxylic acid groups (broad SMARTS) is 1. The van der Waals surface area contributed by atoms with E-state index in [2.05, 4.69) is 10.3 Å². The molecule has 0 amide bonds. The normalized spacial score (nSPS) is 19.9. The summed E-state index contributed by atoms with van der Waals surface area (Å²) in [6.45, 7) is 1.80. The van der Waals surface area contributed by atoms with Gasteiger partial charge in [-0.1, -0.05) is 5.21 Å². The first-order valence-electron chi connectivity index (χ1n) is 6.08. The monoisotopic (exact) mass is 255 g/mol. The summed E-state index contributed by atoms with van der Waals surface area (Å²) in [6, 6.07) is 0. The summed E-state index contributed by atoms with van der Waals surface area (Å²) in [5.74, 6) is -0.908. The lowest BCUT2D eigenvalue weighted by Gasteiger charge is -2.22. The topological polar surface area (TPSA) is 86.5 Å². The predicted molar refractivity (Wildman–Crippen MR) is 60.9 cm³/mol. The van der Waals surface area contributed by atoms with E-state index < -0.39 is 5.97 Å². The van der Waals surface area contributed by atoms with Crippen molar-refractivity contribution in [3.05, 3.63) is 11.9 Å². The number of carboxylic acids is 1. The summed E-state index contributed by atoms with van der Waals surface area (Å²) in [5, 5.41) is 16.2. The number of aromatic nitrogens is 3. The first-order chi connectivity index (χ1) is 8.74. The van der Waals surface area contributed by atoms with E-state index in [9.17, 15) is 4.79 Å². The molecule has 1 saturated heterocycles. The Balaban J connectivity index is 1.69. The summed E-state index contributed by atoms with van der Waals surface area (Å²) in [7, 11) is 0. The largest absolute Gasteiger partial charge is 0.481 e. The van der Waals surface area contributed by atoms with Crippen molar-refractivity contribution in [3.63, 3.8) is 0 Å². The highest BCUT2D eigenvalue weighted by Crippen LogP contribution is 2.13. The van der Waals surface area contributed by atoms with Gasteiger partial charge in [0.15, 0.2) is 6.29 Å². The first-order valence-corrected chi connectivity index (χ1v) is 6.08. The van der Waals surface area contributed by atoms with Crippen molar-refractivity contribution in [2.45, 2.75) is 38.5 Å². The molecule has 2 rings (SSSR count). The number of rotatable bonds is 6. The third kappa shape index (κ3) is 4.08. The van der Waals surface area contributed by atoms with Crippen LogP contribution in [0.4, 0.5) is 0 Å². The van der Waals surface area contributed by atoms with E-state index in [0.717, 1.165) is 25.9 Å². The van der Waals surface area contributed by atoms with Crippen molar-refractivity contribution in [1.29, 1.82) is 0 Å². The molecule has 1 aromatic rings. The Morgan fingerprint density at radius 1 is 1.61 bits per heavy atom. The average molecular weight is 255 g/mol. The molecule has 1 aromatic heterocycles. The molecule has 7 nitrogen and oxygen atoms in total. The predicted octanol–water partition coefficient (Wildman–Crippen LogP) is 0.448. The molecule has 0 aliphatic carbocycles. The molecule has 0 bridgehead atoms. The SMILES string of the molecule is O=C(O)Cc1cn(CCOC2CCCCO2)nn1. The van der Waals surface area contributed by atoms with Crippen molar-refractivity contribution in [2.24, 2.45) is 0 Å². The van der Waals surface area contributed by atoms with Crippen LogP contribution in [-0.4, -0.2) is 45.6 Å². The lowest BCUT2D eigenvalue weighted by Crippen LogP contribution is -2.24. The fourth-order valence-electron chi connectivity index (χ4n) is 1.80. The summed E-state index contributed by atoms with van der Waals surface area (Å²) >= 11 is 0. The Labute approximate surface area is 105 Å². The minimum atomic E-state index is -0.908. The Hall–Kier alpha value is -1.47. The molecule has 18 heavy (non-hydrogen) atoms. The van der Waals surface area contributed by atoms with Gasteiger partial charge in [0.2, 0.25) is 0 Å². The van der Waals surface area contributed by atoms with Gasteiger partial charge in [-0.2, -0.15) is 0 Å². The number of hydrogen-bond acceptors (Lipinski definition) is 5. The first kappa shape index (κ1) is 13.0. The molecule has 1 fully saturated rings. The molecule has 1 aliphatic rings. The van der Waals surface area contributed by atoms with Crippen molar-refractivity contribution < 1.29 is 19.4 Å². The van der Waals surface area contributed by atoms with Gasteiger partial charge in [0, 0.05) is 12.8 Å². The van der Waals surface area contributed by atoms with Gasteiger partial charge in [-0.05, 0) is 19.3 Å². The van der Waals surface area contributed by atoms with E-state index >= 15 is 0 Å². The standard InChI is InChI=1S/C11H17N3O4/c15-10(16)7-9-8-14(13-12-9)4-6-18-11-3-1-2-5-17-11/h8,11H,1-7H2,(H,15,16). The van der Waals surface area contributed by atoms with E-state index in [1.807, 2.05) is 0 Å². The van der Waals surface area contributed by atoms with Crippen molar-refractivity contribution in [2.75, 3.05) is 13.2 Å². The summed E-state index contributed by atoms with van der Waals surface area (Å²) < 4.78 is 12.6. The Kier molecular flexibility index (Phi) is 4.66. The smallest absolute Gasteiger partial charge is 0.309 e. The second-order valence-corrected chi connectivity index (χ2v) is 4.21. The highest BCUT2D eigenvalue weighted by Gasteiger charge is 2.13. The number of aliphatic carboxylic acids is 1. The van der Waals surface area contributed by atoms with E-state index in [1.54, 1.807) is 10.9 Å². The van der Waals surface area contributed by atoms with Crippen LogP contribution in [0.25, 0.3) is 0 Å². The van der Waals surface area contributed by atoms with Crippen LogP contribution in [0.15, 0.2) is 6.20 Å². The zero-order valence-electron chi connectivity index (χ0n) is 10.1. The summed E-state index contributed by atoms with van der Waals surface area (Å²) in [4.78, 5) is 10.5. The molecule has 1 atom stereocenters. The molecular weight excluding hydrogens is 238 g/mol. The fraction of sp³-hybridized carbons (Fsp3) is 0.727. The van der Waals surface area contributed by atoms with Crippen molar-refractivity contribution >= 4 is 5.97 Å². The highest BCUT2D eigenvalue weighted by atomic mass is 16.7. The molecule has 7 heteroatoms. The summed E-state index contributed by atoms with van der Waals surface area (Å²) in [6.07, 6.45) is 4.58. The second kappa shape index (κ2) is 6.46. The molecule has 0 saturated carbocycles. The van der Waals surface area contributed by atoms with Gasteiger partial charge in [0.05, 0.1) is 25.3 Å². The van der Waals surface area contributed by atoms with Gasteiger partial charge in [-0.3, -0.25) is 4.79 Å². The number of carbonyl (C=O) groups is 1. The molecule has 0 spiro atoms. The highest BCUT2D eigenvalue weighted by molar-refractivity contribution is 5.69. The Bertz CT molecular complexity index is 387. The van der Waals surface area contributed by atoms with Crippen LogP contribution in [-0.2, 0) is 27.2 Å². The molecule has 1 N–H and O–H groups in total. The Morgan fingerprint density at radius 2 is 2.50 bits per heavy atom. The van der Waals surface area contributed by atoms with Crippen molar-refractivity contribution in [3.8, 4) is 0 Å². The molecule has 0 aromatic carbocycles. The van der Waals surface area contributed by atoms with E-state index in [1.165, 1.54) is 0 Å². The summed E-state index contributed by atoms with van der Waals surface area (Å²) in [5.41, 5.74) is 0.455. The molecule has 100 valence electrons. The van der Waals surface area contributed by atoms with Gasteiger partial charge in [-0.25, -0.2) is 4.68 Å². The van der Waals surface area contributed by atoms with Crippen LogP contribution in [0.2, 0.25) is 0 Å². The Morgan fingerprint density at radius 3 is 3.22 bits per heavy atom. The molecule has 0 radical (unpaired) electrons. The zero-order chi connectivity index (χ0) is 12.8. The van der Waals surface area contributed by atoms with Crippen LogP contribution in [0.3, 0.4) is 0 Å². The number of ether oxygens (including phenoxy) is 2.